The number of rotatable bonds is 2. The van der Waals surface area contributed by atoms with Crippen LogP contribution in [0.1, 0.15) is 18.4 Å². The van der Waals surface area contributed by atoms with Gasteiger partial charge in [0.05, 0.1) is 0 Å². The molecule has 0 amide bonds. The predicted molar refractivity (Wildman–Crippen MR) is 79.7 cm³/mol. The Kier molecular flexibility index (Phi) is 3.08. The molecule has 1 aromatic carbocycles. The van der Waals surface area contributed by atoms with Crippen LogP contribution in [-0.4, -0.2) is 11.2 Å². The van der Waals surface area contributed by atoms with Crippen molar-refractivity contribution in [2.24, 2.45) is 11.8 Å². The molecule has 0 aliphatic heterocycles. The number of thiocarbonyl (C=S) groups is 1. The lowest BCUT2D eigenvalue weighted by Crippen LogP contribution is -2.40. The molecule has 2 nitrogen and oxygen atoms in total. The van der Waals surface area contributed by atoms with Crippen molar-refractivity contribution in [3.8, 4) is 0 Å². The molecule has 2 aliphatic carbocycles. The van der Waals surface area contributed by atoms with Gasteiger partial charge in [-0.05, 0) is 55.4 Å². The Morgan fingerprint density at radius 2 is 2.06 bits per heavy atom. The van der Waals surface area contributed by atoms with Crippen LogP contribution in [-0.2, 0) is 0 Å². The van der Waals surface area contributed by atoms with E-state index in [1.807, 2.05) is 12.1 Å². The second-order valence-electron chi connectivity index (χ2n) is 5.30. The maximum absolute atomic E-state index is 5.40. The molecule has 94 valence electrons. The van der Waals surface area contributed by atoms with Crippen LogP contribution in [0.5, 0.6) is 0 Å². The topological polar surface area (TPSA) is 24.1 Å². The molecule has 1 fully saturated rings. The van der Waals surface area contributed by atoms with Gasteiger partial charge in [0, 0.05) is 11.7 Å². The van der Waals surface area contributed by atoms with E-state index < -0.39 is 0 Å². The standard InChI is InChI=1S/C15H18N2S/c1-10-4-2-3-5-13(10)16-15(18)17-14-9-11-6-7-12(14)8-11/h2-7,11-12,14H,8-9H2,1H3,(H2,16,17,18). The normalized spacial score (nSPS) is 28.4. The highest BCUT2D eigenvalue weighted by Gasteiger charge is 2.35. The quantitative estimate of drug-likeness (QED) is 0.629. The van der Waals surface area contributed by atoms with Crippen LogP contribution in [0.4, 0.5) is 5.69 Å². The molecule has 2 aliphatic rings. The smallest absolute Gasteiger partial charge is 0.171 e. The lowest BCUT2D eigenvalue weighted by Gasteiger charge is -2.22. The van der Waals surface area contributed by atoms with Gasteiger partial charge in [0.1, 0.15) is 0 Å². The molecule has 0 aromatic heterocycles. The highest BCUT2D eigenvalue weighted by Crippen LogP contribution is 2.38. The summed E-state index contributed by atoms with van der Waals surface area (Å²) in [5.74, 6) is 1.44. The van der Waals surface area contributed by atoms with E-state index in [1.54, 1.807) is 0 Å². The summed E-state index contributed by atoms with van der Waals surface area (Å²) >= 11 is 5.40. The highest BCUT2D eigenvalue weighted by molar-refractivity contribution is 7.80. The van der Waals surface area contributed by atoms with Crippen LogP contribution in [0.15, 0.2) is 36.4 Å². The minimum atomic E-state index is 0.518. The third-order valence-electron chi connectivity index (χ3n) is 3.99. The van der Waals surface area contributed by atoms with E-state index >= 15 is 0 Å². The summed E-state index contributed by atoms with van der Waals surface area (Å²) in [5, 5.41) is 7.49. The summed E-state index contributed by atoms with van der Waals surface area (Å²) in [6.45, 7) is 2.09. The average molecular weight is 258 g/mol. The Morgan fingerprint density at radius 3 is 2.72 bits per heavy atom. The van der Waals surface area contributed by atoms with Crippen molar-refractivity contribution in [3.63, 3.8) is 0 Å². The Labute approximate surface area is 113 Å². The number of anilines is 1. The van der Waals surface area contributed by atoms with Crippen LogP contribution in [0.25, 0.3) is 0 Å². The Balaban J connectivity index is 1.60. The maximum atomic E-state index is 5.40. The van der Waals surface area contributed by atoms with Crippen molar-refractivity contribution in [3.05, 3.63) is 42.0 Å². The molecule has 3 unspecified atom stereocenters. The number of hydrogen-bond donors (Lipinski definition) is 2. The van der Waals surface area contributed by atoms with Crippen molar-refractivity contribution in [1.29, 1.82) is 0 Å². The zero-order valence-corrected chi connectivity index (χ0v) is 11.3. The van der Waals surface area contributed by atoms with Gasteiger partial charge in [-0.15, -0.1) is 0 Å². The maximum Gasteiger partial charge on any atom is 0.171 e. The van der Waals surface area contributed by atoms with Crippen LogP contribution < -0.4 is 10.6 Å². The van der Waals surface area contributed by atoms with Gasteiger partial charge in [0.25, 0.3) is 0 Å². The summed E-state index contributed by atoms with van der Waals surface area (Å²) in [7, 11) is 0. The lowest BCUT2D eigenvalue weighted by molar-refractivity contribution is 0.526. The molecule has 3 atom stereocenters. The predicted octanol–water partition coefficient (Wildman–Crippen LogP) is 3.25. The summed E-state index contributed by atoms with van der Waals surface area (Å²) < 4.78 is 0. The monoisotopic (exact) mass is 258 g/mol. The first kappa shape index (κ1) is 11.7. The van der Waals surface area contributed by atoms with E-state index in [0.29, 0.717) is 12.0 Å². The van der Waals surface area contributed by atoms with E-state index in [9.17, 15) is 0 Å². The number of hydrogen-bond acceptors (Lipinski definition) is 1. The lowest BCUT2D eigenvalue weighted by atomic mass is 10.0. The average Bonchev–Trinajstić information content (AvgIpc) is 2.94. The van der Waals surface area contributed by atoms with Crippen LogP contribution in [0.2, 0.25) is 0 Å². The van der Waals surface area contributed by atoms with E-state index in [0.717, 1.165) is 16.7 Å². The van der Waals surface area contributed by atoms with E-state index in [-0.39, 0.29) is 0 Å². The second kappa shape index (κ2) is 4.73. The molecule has 0 saturated heterocycles. The largest absolute Gasteiger partial charge is 0.359 e. The molecule has 3 rings (SSSR count). The van der Waals surface area contributed by atoms with Gasteiger partial charge in [0.15, 0.2) is 5.11 Å². The fraction of sp³-hybridized carbons (Fsp3) is 0.400. The zero-order chi connectivity index (χ0) is 12.5. The minimum Gasteiger partial charge on any atom is -0.359 e. The molecule has 2 bridgehead atoms. The fourth-order valence-corrected chi connectivity index (χ4v) is 3.25. The minimum absolute atomic E-state index is 0.518. The zero-order valence-electron chi connectivity index (χ0n) is 10.5. The van der Waals surface area contributed by atoms with Crippen LogP contribution in [0, 0.1) is 18.8 Å². The molecule has 3 heteroatoms. The van der Waals surface area contributed by atoms with Crippen molar-refractivity contribution in [2.45, 2.75) is 25.8 Å². The van der Waals surface area contributed by atoms with Crippen LogP contribution in [0.3, 0.4) is 0 Å². The molecule has 18 heavy (non-hydrogen) atoms. The van der Waals surface area contributed by atoms with Gasteiger partial charge in [0.2, 0.25) is 0 Å². The number of nitrogens with one attached hydrogen (secondary N) is 2. The van der Waals surface area contributed by atoms with E-state index in [4.69, 9.17) is 12.2 Å². The van der Waals surface area contributed by atoms with Gasteiger partial charge >= 0.3 is 0 Å². The molecule has 1 saturated carbocycles. The molecule has 0 radical (unpaired) electrons. The first-order valence-electron chi connectivity index (χ1n) is 6.54. The summed E-state index contributed by atoms with van der Waals surface area (Å²) in [6.07, 6.45) is 7.20. The summed E-state index contributed by atoms with van der Waals surface area (Å²) in [5.41, 5.74) is 2.31. The van der Waals surface area contributed by atoms with E-state index in [2.05, 4.69) is 41.8 Å². The van der Waals surface area contributed by atoms with E-state index in [1.165, 1.54) is 18.4 Å². The van der Waals surface area contributed by atoms with Crippen molar-refractivity contribution in [1.82, 2.24) is 5.32 Å². The van der Waals surface area contributed by atoms with Gasteiger partial charge in [-0.2, -0.15) is 0 Å². The van der Waals surface area contributed by atoms with Gasteiger partial charge in [-0.3, -0.25) is 0 Å². The van der Waals surface area contributed by atoms with Crippen LogP contribution >= 0.6 is 12.2 Å². The first-order chi connectivity index (χ1) is 8.72. The summed E-state index contributed by atoms with van der Waals surface area (Å²) in [4.78, 5) is 0. The third-order valence-corrected chi connectivity index (χ3v) is 4.21. The Hall–Kier alpha value is -1.35. The number of benzene rings is 1. The molecular formula is C15H18N2S. The third kappa shape index (κ3) is 2.27. The number of aryl methyl sites for hydroxylation is 1. The summed E-state index contributed by atoms with van der Waals surface area (Å²) in [6, 6.07) is 8.73. The number of para-hydroxylation sites is 1. The molecule has 1 aromatic rings. The Morgan fingerprint density at radius 1 is 1.22 bits per heavy atom. The number of allylic oxidation sites excluding steroid dienone is 1. The number of fused-ring (bicyclic) bond motifs is 2. The van der Waals surface area contributed by atoms with Gasteiger partial charge in [-0.1, -0.05) is 30.4 Å². The SMILES string of the molecule is Cc1ccccc1NC(=S)NC1CC2C=CC1C2. The van der Waals surface area contributed by atoms with Crippen molar-refractivity contribution in [2.75, 3.05) is 5.32 Å². The highest BCUT2D eigenvalue weighted by atomic mass is 32.1. The molecule has 0 heterocycles. The van der Waals surface area contributed by atoms with Gasteiger partial charge in [-0.25, -0.2) is 0 Å². The van der Waals surface area contributed by atoms with Crippen molar-refractivity contribution < 1.29 is 0 Å². The molecule has 0 spiro atoms. The fourth-order valence-electron chi connectivity index (χ4n) is 2.99. The van der Waals surface area contributed by atoms with Gasteiger partial charge < -0.3 is 10.6 Å². The first-order valence-corrected chi connectivity index (χ1v) is 6.94. The second-order valence-corrected chi connectivity index (χ2v) is 5.71. The molecule has 2 N–H and O–H groups in total. The Bertz CT molecular complexity index is 495. The molecular weight excluding hydrogens is 240 g/mol. The van der Waals surface area contributed by atoms with Crippen molar-refractivity contribution >= 4 is 23.0 Å².